The zero-order valence-electron chi connectivity index (χ0n) is 17.0. The Hall–Kier alpha value is -2.80. The van der Waals surface area contributed by atoms with Crippen molar-refractivity contribution in [3.05, 3.63) is 59.0 Å². The molecule has 0 aromatic carbocycles. The van der Waals surface area contributed by atoms with Gasteiger partial charge in [-0.25, -0.2) is 4.99 Å². The van der Waals surface area contributed by atoms with Gasteiger partial charge in [0.2, 0.25) is 0 Å². The zero-order chi connectivity index (χ0) is 20.3. The van der Waals surface area contributed by atoms with E-state index in [4.69, 9.17) is 15.9 Å². The van der Waals surface area contributed by atoms with Gasteiger partial charge in [-0.15, -0.1) is 0 Å². The number of allylic oxidation sites excluding steroid dienone is 4. The van der Waals surface area contributed by atoms with Crippen molar-refractivity contribution in [2.24, 2.45) is 16.6 Å². The lowest BCUT2D eigenvalue weighted by atomic mass is 10.0. The van der Waals surface area contributed by atoms with E-state index in [1.807, 2.05) is 32.2 Å². The quantitative estimate of drug-likeness (QED) is 0.400. The van der Waals surface area contributed by atoms with Crippen molar-refractivity contribution in [1.82, 2.24) is 15.5 Å². The fourth-order valence-electron chi connectivity index (χ4n) is 3.16. The van der Waals surface area contributed by atoms with Gasteiger partial charge in [0.05, 0.1) is 29.3 Å². The minimum Gasteiger partial charge on any atom is -0.384 e. The Morgan fingerprint density at radius 2 is 2.04 bits per heavy atom. The molecular formula is C21H30N6O. The molecule has 7 nitrogen and oxygen atoms in total. The molecule has 0 unspecified atom stereocenters. The largest absolute Gasteiger partial charge is 0.384 e. The van der Waals surface area contributed by atoms with Gasteiger partial charge >= 0.3 is 0 Å². The van der Waals surface area contributed by atoms with E-state index in [2.05, 4.69) is 40.4 Å². The van der Waals surface area contributed by atoms with E-state index in [0.29, 0.717) is 17.8 Å². The molecule has 0 radical (unpaired) electrons. The molecule has 3 aliphatic heterocycles. The number of nitrogens with zero attached hydrogens (tertiary/aromatic N) is 2. The van der Waals surface area contributed by atoms with Gasteiger partial charge < -0.3 is 31.4 Å². The second kappa shape index (κ2) is 8.48. The average Bonchev–Trinajstić information content (AvgIpc) is 2.61. The SMILES string of the molecule is CC(C)OC1CN(C2=CNC3=CC=C(N=C(N)C=C(C=N)C(C)C)NC3=C2)C1. The lowest BCUT2D eigenvalue weighted by Gasteiger charge is -2.43. The molecule has 0 bridgehead atoms. The molecule has 0 atom stereocenters. The van der Waals surface area contributed by atoms with E-state index >= 15 is 0 Å². The normalized spacial score (nSPS) is 20.4. The number of aliphatic imine (C=N–C) groups is 1. The number of hydrogen-bond donors (Lipinski definition) is 4. The van der Waals surface area contributed by atoms with Crippen LogP contribution in [-0.4, -0.2) is 42.2 Å². The van der Waals surface area contributed by atoms with Crippen LogP contribution in [0.5, 0.6) is 0 Å². The summed E-state index contributed by atoms with van der Waals surface area (Å²) in [6.07, 6.45) is 11.6. The minimum absolute atomic E-state index is 0.226. The Bertz CT molecular complexity index is 807. The third kappa shape index (κ3) is 4.72. The first kappa shape index (κ1) is 19.9. The number of nitrogens with two attached hydrogens (primary N) is 1. The molecular weight excluding hydrogens is 352 g/mol. The Balaban J connectivity index is 1.66. The number of dihydropyridines is 2. The topological polar surface area (TPSA) is 98.8 Å². The Morgan fingerprint density at radius 3 is 2.68 bits per heavy atom. The monoisotopic (exact) mass is 382 g/mol. The Labute approximate surface area is 166 Å². The molecule has 3 heterocycles. The Kier molecular flexibility index (Phi) is 6.04. The number of hydrogen-bond acceptors (Lipinski definition) is 6. The van der Waals surface area contributed by atoms with E-state index < -0.39 is 0 Å². The summed E-state index contributed by atoms with van der Waals surface area (Å²) in [5.74, 6) is 1.27. The molecule has 1 saturated heterocycles. The summed E-state index contributed by atoms with van der Waals surface area (Å²) in [5, 5.41) is 14.1. The number of rotatable bonds is 7. The van der Waals surface area contributed by atoms with Crippen LogP contribution < -0.4 is 16.4 Å². The van der Waals surface area contributed by atoms with Crippen molar-refractivity contribution < 1.29 is 4.74 Å². The fraction of sp³-hybridized carbons (Fsp3) is 0.429. The maximum atomic E-state index is 7.48. The van der Waals surface area contributed by atoms with Gasteiger partial charge in [-0.2, -0.15) is 0 Å². The summed E-state index contributed by atoms with van der Waals surface area (Å²) in [7, 11) is 0. The van der Waals surface area contributed by atoms with E-state index in [1.54, 1.807) is 6.08 Å². The van der Waals surface area contributed by atoms with Crippen LogP contribution in [0.25, 0.3) is 0 Å². The van der Waals surface area contributed by atoms with Gasteiger partial charge in [0.25, 0.3) is 0 Å². The molecule has 1 fully saturated rings. The summed E-state index contributed by atoms with van der Waals surface area (Å²) in [5.41, 5.74) is 9.96. The van der Waals surface area contributed by atoms with Gasteiger partial charge in [0, 0.05) is 25.5 Å². The molecule has 0 aromatic heterocycles. The van der Waals surface area contributed by atoms with Crippen LogP contribution >= 0.6 is 0 Å². The van der Waals surface area contributed by atoms with Gasteiger partial charge in [-0.05, 0) is 49.6 Å². The summed E-state index contributed by atoms with van der Waals surface area (Å²) in [4.78, 5) is 6.72. The fourth-order valence-corrected chi connectivity index (χ4v) is 3.16. The number of likely N-dealkylation sites (tertiary alicyclic amines) is 1. The Morgan fingerprint density at radius 1 is 1.29 bits per heavy atom. The first-order valence-corrected chi connectivity index (χ1v) is 9.70. The lowest BCUT2D eigenvalue weighted by Crippen LogP contribution is -2.52. The maximum absolute atomic E-state index is 7.48. The van der Waals surface area contributed by atoms with E-state index in [1.165, 1.54) is 6.21 Å². The smallest absolute Gasteiger partial charge is 0.132 e. The van der Waals surface area contributed by atoms with Gasteiger partial charge in [0.1, 0.15) is 11.7 Å². The number of fused-ring (bicyclic) bond motifs is 1. The molecule has 3 rings (SSSR count). The molecule has 0 saturated carbocycles. The third-order valence-electron chi connectivity index (χ3n) is 4.70. The van der Waals surface area contributed by atoms with Crippen LogP contribution in [0.4, 0.5) is 0 Å². The first-order chi connectivity index (χ1) is 13.4. The molecule has 0 amide bonds. The summed E-state index contributed by atoms with van der Waals surface area (Å²) in [6, 6.07) is 0. The average molecular weight is 383 g/mol. The number of ether oxygens (including phenoxy) is 1. The van der Waals surface area contributed by atoms with Gasteiger partial charge in [0.15, 0.2) is 0 Å². The van der Waals surface area contributed by atoms with Crippen molar-refractivity contribution in [2.75, 3.05) is 13.1 Å². The highest BCUT2D eigenvalue weighted by molar-refractivity contribution is 5.97. The van der Waals surface area contributed by atoms with Crippen molar-refractivity contribution in [2.45, 2.75) is 39.9 Å². The summed E-state index contributed by atoms with van der Waals surface area (Å²) >= 11 is 0. The molecule has 0 aromatic rings. The van der Waals surface area contributed by atoms with Crippen molar-refractivity contribution in [1.29, 1.82) is 5.41 Å². The third-order valence-corrected chi connectivity index (χ3v) is 4.70. The molecule has 3 aliphatic rings. The van der Waals surface area contributed by atoms with Crippen molar-refractivity contribution in [3.8, 4) is 0 Å². The highest BCUT2D eigenvalue weighted by Gasteiger charge is 2.30. The van der Waals surface area contributed by atoms with Crippen LogP contribution in [0.3, 0.4) is 0 Å². The van der Waals surface area contributed by atoms with E-state index in [9.17, 15) is 0 Å². The van der Waals surface area contributed by atoms with E-state index in [0.717, 1.165) is 35.8 Å². The van der Waals surface area contributed by atoms with Crippen LogP contribution in [0, 0.1) is 11.3 Å². The molecule has 0 aliphatic carbocycles. The van der Waals surface area contributed by atoms with Crippen LogP contribution in [-0.2, 0) is 4.74 Å². The van der Waals surface area contributed by atoms with Crippen molar-refractivity contribution >= 4 is 12.1 Å². The second-order valence-electron chi connectivity index (χ2n) is 7.72. The van der Waals surface area contributed by atoms with Gasteiger partial charge in [-0.1, -0.05) is 13.8 Å². The highest BCUT2D eigenvalue weighted by atomic mass is 16.5. The van der Waals surface area contributed by atoms with E-state index in [-0.39, 0.29) is 12.0 Å². The number of nitrogens with one attached hydrogen (secondary N) is 3. The predicted molar refractivity (Wildman–Crippen MR) is 114 cm³/mol. The summed E-state index contributed by atoms with van der Waals surface area (Å²) in [6.45, 7) is 9.98. The highest BCUT2D eigenvalue weighted by Crippen LogP contribution is 2.25. The summed E-state index contributed by atoms with van der Waals surface area (Å²) < 4.78 is 5.83. The molecule has 0 spiro atoms. The lowest BCUT2D eigenvalue weighted by molar-refractivity contribution is -0.0672. The molecule has 7 heteroatoms. The molecule has 150 valence electrons. The van der Waals surface area contributed by atoms with Crippen LogP contribution in [0.1, 0.15) is 27.7 Å². The van der Waals surface area contributed by atoms with Crippen LogP contribution in [0.2, 0.25) is 0 Å². The standard InChI is InChI=1S/C21H30N6O/c1-13(2)15(9-22)7-20(23)26-21-6-5-18-19(25-21)8-16(10-24-18)27-11-17(12-27)28-14(3)4/h5-10,13-14,17,22,24-25H,11-12H2,1-4H3,(H2,23,26). The maximum Gasteiger partial charge on any atom is 0.132 e. The van der Waals surface area contributed by atoms with Crippen molar-refractivity contribution in [3.63, 3.8) is 0 Å². The second-order valence-corrected chi connectivity index (χ2v) is 7.72. The molecule has 5 N–H and O–H groups in total. The predicted octanol–water partition coefficient (Wildman–Crippen LogP) is 2.34. The zero-order valence-corrected chi connectivity index (χ0v) is 17.0. The first-order valence-electron chi connectivity index (χ1n) is 9.70. The number of amidine groups is 1. The van der Waals surface area contributed by atoms with Crippen LogP contribution in [0.15, 0.2) is 64.0 Å². The minimum atomic E-state index is 0.226. The molecule has 28 heavy (non-hydrogen) atoms. The van der Waals surface area contributed by atoms with Gasteiger partial charge in [-0.3, -0.25) is 0 Å².